The van der Waals surface area contributed by atoms with E-state index in [4.69, 9.17) is 11.6 Å². The van der Waals surface area contributed by atoms with Crippen molar-refractivity contribution in [1.29, 1.82) is 0 Å². The minimum Gasteiger partial charge on any atom is -0.393 e. The molecule has 3 nitrogen and oxygen atoms in total. The van der Waals surface area contributed by atoms with Crippen LogP contribution in [0.3, 0.4) is 0 Å². The molecule has 3 rings (SSSR count). The number of piperidine rings is 1. The molecule has 0 atom stereocenters. The van der Waals surface area contributed by atoms with E-state index >= 15 is 0 Å². The Labute approximate surface area is 130 Å². The number of aliphatic hydroxyl groups is 1. The maximum absolute atomic E-state index is 12.8. The number of pyridine rings is 1. The van der Waals surface area contributed by atoms with Crippen molar-refractivity contribution >= 4 is 28.2 Å². The smallest absolute Gasteiger partial charge is 0.393 e. The number of aromatic nitrogens is 1. The lowest BCUT2D eigenvalue weighted by Crippen LogP contribution is -2.36. The van der Waals surface area contributed by atoms with Crippen LogP contribution >= 0.6 is 11.6 Å². The number of nitrogens with zero attached hydrogens (tertiary/aromatic N) is 2. The normalized spacial score (nSPS) is 17.2. The molecule has 1 aromatic carbocycles. The van der Waals surface area contributed by atoms with Crippen LogP contribution in [0.2, 0.25) is 5.02 Å². The summed E-state index contributed by atoms with van der Waals surface area (Å²) < 4.78 is 38.4. The van der Waals surface area contributed by atoms with E-state index in [1.165, 1.54) is 12.3 Å². The number of fused-ring (bicyclic) bond motifs is 1. The van der Waals surface area contributed by atoms with Gasteiger partial charge in [-0.2, -0.15) is 13.2 Å². The molecule has 0 bridgehead atoms. The van der Waals surface area contributed by atoms with Gasteiger partial charge >= 0.3 is 6.18 Å². The van der Waals surface area contributed by atoms with E-state index in [1.54, 1.807) is 0 Å². The second kappa shape index (κ2) is 5.59. The molecule has 1 aliphatic rings. The van der Waals surface area contributed by atoms with Gasteiger partial charge in [-0.05, 0) is 25.0 Å². The molecule has 118 valence electrons. The SMILES string of the molecule is OC1CCN(c2c(Cl)cnc3cc(C(F)(F)F)ccc23)CC1. The Morgan fingerprint density at radius 3 is 2.55 bits per heavy atom. The van der Waals surface area contributed by atoms with Crippen molar-refractivity contribution < 1.29 is 18.3 Å². The van der Waals surface area contributed by atoms with Crippen LogP contribution in [-0.4, -0.2) is 29.3 Å². The first-order chi connectivity index (χ1) is 10.4. The third kappa shape index (κ3) is 2.85. The number of hydrogen-bond donors (Lipinski definition) is 1. The van der Waals surface area contributed by atoms with E-state index in [0.29, 0.717) is 42.0 Å². The predicted molar refractivity (Wildman–Crippen MR) is 79.2 cm³/mol. The van der Waals surface area contributed by atoms with Gasteiger partial charge in [0.1, 0.15) is 0 Å². The number of anilines is 1. The highest BCUT2D eigenvalue weighted by Gasteiger charge is 2.31. The molecule has 1 saturated heterocycles. The van der Waals surface area contributed by atoms with Gasteiger partial charge in [0.05, 0.1) is 27.9 Å². The molecule has 2 heterocycles. The summed E-state index contributed by atoms with van der Waals surface area (Å²) >= 11 is 6.21. The number of alkyl halides is 3. The van der Waals surface area contributed by atoms with Gasteiger partial charge in [-0.15, -0.1) is 0 Å². The van der Waals surface area contributed by atoms with Crippen LogP contribution in [0.25, 0.3) is 10.9 Å². The Bertz CT molecular complexity index is 697. The van der Waals surface area contributed by atoms with Gasteiger partial charge < -0.3 is 10.0 Å². The van der Waals surface area contributed by atoms with Crippen molar-refractivity contribution in [3.63, 3.8) is 0 Å². The van der Waals surface area contributed by atoms with Crippen molar-refractivity contribution in [2.45, 2.75) is 25.1 Å². The Balaban J connectivity index is 2.07. The van der Waals surface area contributed by atoms with Gasteiger partial charge in [0.25, 0.3) is 0 Å². The molecule has 2 aromatic rings. The molecule has 0 aliphatic carbocycles. The summed E-state index contributed by atoms with van der Waals surface area (Å²) in [5, 5.41) is 10.6. The van der Waals surface area contributed by atoms with Crippen molar-refractivity contribution in [1.82, 2.24) is 4.98 Å². The highest BCUT2D eigenvalue weighted by Crippen LogP contribution is 2.37. The van der Waals surface area contributed by atoms with E-state index in [0.717, 1.165) is 12.1 Å². The van der Waals surface area contributed by atoms with Gasteiger partial charge in [-0.25, -0.2) is 0 Å². The van der Waals surface area contributed by atoms with Gasteiger partial charge in [-0.1, -0.05) is 17.7 Å². The summed E-state index contributed by atoms with van der Waals surface area (Å²) in [6.07, 6.45) is -2.13. The molecule has 1 N–H and O–H groups in total. The number of hydrogen-bond acceptors (Lipinski definition) is 3. The molecule has 0 saturated carbocycles. The molecule has 1 fully saturated rings. The van der Waals surface area contributed by atoms with Gasteiger partial charge in [-0.3, -0.25) is 4.98 Å². The zero-order valence-electron chi connectivity index (χ0n) is 11.6. The van der Waals surface area contributed by atoms with E-state index in [-0.39, 0.29) is 11.6 Å². The zero-order valence-corrected chi connectivity index (χ0v) is 12.3. The highest BCUT2D eigenvalue weighted by atomic mass is 35.5. The maximum Gasteiger partial charge on any atom is 0.416 e. The van der Waals surface area contributed by atoms with Gasteiger partial charge in [0.2, 0.25) is 0 Å². The van der Waals surface area contributed by atoms with Crippen LogP contribution in [0.4, 0.5) is 18.9 Å². The molecule has 1 aliphatic heterocycles. The lowest BCUT2D eigenvalue weighted by Gasteiger charge is -2.32. The average Bonchev–Trinajstić information content (AvgIpc) is 2.47. The first kappa shape index (κ1) is 15.4. The Morgan fingerprint density at radius 2 is 1.91 bits per heavy atom. The van der Waals surface area contributed by atoms with E-state index in [2.05, 4.69) is 4.98 Å². The summed E-state index contributed by atoms with van der Waals surface area (Å²) in [5.74, 6) is 0. The van der Waals surface area contributed by atoms with Crippen LogP contribution < -0.4 is 4.90 Å². The number of benzene rings is 1. The van der Waals surface area contributed by atoms with E-state index in [1.807, 2.05) is 4.90 Å². The Kier molecular flexibility index (Phi) is 3.91. The third-order valence-corrected chi connectivity index (χ3v) is 4.18. The summed E-state index contributed by atoms with van der Waals surface area (Å²) in [7, 11) is 0. The van der Waals surface area contributed by atoms with Crippen molar-refractivity contribution in [2.75, 3.05) is 18.0 Å². The minimum absolute atomic E-state index is 0.264. The predicted octanol–water partition coefficient (Wildman–Crippen LogP) is 3.87. The first-order valence-corrected chi connectivity index (χ1v) is 7.32. The molecule has 1 aromatic heterocycles. The standard InChI is InChI=1S/C15H14ClF3N2O/c16-12-8-20-13-7-9(15(17,18)19)1-2-11(13)14(12)21-5-3-10(22)4-6-21/h1-2,7-8,10,22H,3-6H2. The van der Waals surface area contributed by atoms with Gasteiger partial charge in [0.15, 0.2) is 0 Å². The van der Waals surface area contributed by atoms with Crippen molar-refractivity contribution in [3.05, 3.63) is 35.0 Å². The molecule has 7 heteroatoms. The van der Waals surface area contributed by atoms with E-state index < -0.39 is 11.7 Å². The average molecular weight is 331 g/mol. The van der Waals surface area contributed by atoms with Crippen LogP contribution in [-0.2, 0) is 6.18 Å². The topological polar surface area (TPSA) is 36.4 Å². The van der Waals surface area contributed by atoms with Crippen LogP contribution in [0, 0.1) is 0 Å². The second-order valence-corrected chi connectivity index (χ2v) is 5.81. The molecular formula is C15H14ClF3N2O. The number of halogens is 4. The fourth-order valence-corrected chi connectivity index (χ4v) is 3.01. The molecular weight excluding hydrogens is 317 g/mol. The van der Waals surface area contributed by atoms with Crippen molar-refractivity contribution in [3.8, 4) is 0 Å². The molecule has 0 amide bonds. The first-order valence-electron chi connectivity index (χ1n) is 6.95. The fourth-order valence-electron chi connectivity index (χ4n) is 2.74. The minimum atomic E-state index is -4.40. The van der Waals surface area contributed by atoms with E-state index in [9.17, 15) is 18.3 Å². The third-order valence-electron chi connectivity index (χ3n) is 3.90. The molecule has 22 heavy (non-hydrogen) atoms. The Hall–Kier alpha value is -1.53. The maximum atomic E-state index is 12.8. The Morgan fingerprint density at radius 1 is 1.23 bits per heavy atom. The summed E-state index contributed by atoms with van der Waals surface area (Å²) in [6.45, 7) is 1.22. The summed E-state index contributed by atoms with van der Waals surface area (Å²) in [6, 6.07) is 3.49. The molecule has 0 spiro atoms. The quantitative estimate of drug-likeness (QED) is 0.862. The number of aliphatic hydroxyl groups excluding tert-OH is 1. The summed E-state index contributed by atoms with van der Waals surface area (Å²) in [4.78, 5) is 6.01. The van der Waals surface area contributed by atoms with Crippen LogP contribution in [0.1, 0.15) is 18.4 Å². The fraction of sp³-hybridized carbons (Fsp3) is 0.400. The van der Waals surface area contributed by atoms with Crippen LogP contribution in [0.5, 0.6) is 0 Å². The van der Waals surface area contributed by atoms with Crippen LogP contribution in [0.15, 0.2) is 24.4 Å². The highest BCUT2D eigenvalue weighted by molar-refractivity contribution is 6.34. The largest absolute Gasteiger partial charge is 0.416 e. The molecule has 0 unspecified atom stereocenters. The lowest BCUT2D eigenvalue weighted by molar-refractivity contribution is -0.137. The monoisotopic (exact) mass is 330 g/mol. The summed E-state index contributed by atoms with van der Waals surface area (Å²) in [5.41, 5.74) is 0.225. The zero-order chi connectivity index (χ0) is 15.9. The van der Waals surface area contributed by atoms with Gasteiger partial charge in [0, 0.05) is 24.7 Å². The second-order valence-electron chi connectivity index (χ2n) is 5.40. The molecule has 0 radical (unpaired) electrons. The lowest BCUT2D eigenvalue weighted by atomic mass is 10.0. The van der Waals surface area contributed by atoms with Crippen molar-refractivity contribution in [2.24, 2.45) is 0 Å². The number of rotatable bonds is 1.